The highest BCUT2D eigenvalue weighted by molar-refractivity contribution is 6.06. The summed E-state index contributed by atoms with van der Waals surface area (Å²) in [5, 5.41) is 8.21. The Balaban J connectivity index is 2.05. The van der Waals surface area contributed by atoms with Gasteiger partial charge in [-0.25, -0.2) is 4.98 Å². The number of carbonyl (C=O) groups is 2. The number of nitrogens with zero attached hydrogens (tertiary/aromatic N) is 2. The van der Waals surface area contributed by atoms with E-state index in [0.29, 0.717) is 5.56 Å². The second-order valence-electron chi connectivity index (χ2n) is 7.22. The van der Waals surface area contributed by atoms with Crippen molar-refractivity contribution in [2.75, 3.05) is 6.61 Å². The van der Waals surface area contributed by atoms with Crippen molar-refractivity contribution in [1.29, 1.82) is 0 Å². The van der Waals surface area contributed by atoms with E-state index in [0.717, 1.165) is 0 Å². The third-order valence-corrected chi connectivity index (χ3v) is 4.02. The molecule has 0 saturated heterocycles. The normalized spacial score (nSPS) is 19.2. The quantitative estimate of drug-likeness (QED) is 0.590. The van der Waals surface area contributed by atoms with Gasteiger partial charge in [0, 0.05) is 31.1 Å². The number of alkyl halides is 3. The lowest BCUT2D eigenvalue weighted by atomic mass is 10.1. The Bertz CT molecular complexity index is 809. The molecule has 0 saturated carbocycles. The zero-order valence-electron chi connectivity index (χ0n) is 16.8. The summed E-state index contributed by atoms with van der Waals surface area (Å²) in [5.41, 5.74) is -1.02. The molecule has 3 N–H and O–H groups in total. The first-order valence-electron chi connectivity index (χ1n) is 9.25. The highest BCUT2D eigenvalue weighted by atomic mass is 19.4. The van der Waals surface area contributed by atoms with Crippen LogP contribution in [-0.2, 0) is 9.59 Å². The highest BCUT2D eigenvalue weighted by Crippen LogP contribution is 2.19. The minimum atomic E-state index is -4.46. The van der Waals surface area contributed by atoms with Crippen molar-refractivity contribution in [3.05, 3.63) is 36.3 Å². The molecule has 2 unspecified atom stereocenters. The van der Waals surface area contributed by atoms with E-state index in [1.807, 2.05) is 13.8 Å². The first-order valence-corrected chi connectivity index (χ1v) is 9.25. The molecule has 0 aliphatic carbocycles. The Labute approximate surface area is 172 Å². The fraction of sp³-hybridized carbons (Fsp3) is 0.474. The molecule has 0 bridgehead atoms. The van der Waals surface area contributed by atoms with Gasteiger partial charge in [0.15, 0.2) is 6.61 Å². The Morgan fingerprint density at radius 3 is 2.53 bits per heavy atom. The highest BCUT2D eigenvalue weighted by Gasteiger charge is 2.39. The van der Waals surface area contributed by atoms with Crippen LogP contribution in [0.1, 0.15) is 38.8 Å². The molecular weight excluding hydrogens is 403 g/mol. The molecule has 2 atom stereocenters. The summed E-state index contributed by atoms with van der Waals surface area (Å²) in [6.07, 6.45) is 1.25. The van der Waals surface area contributed by atoms with Crippen LogP contribution in [0.5, 0.6) is 5.88 Å². The van der Waals surface area contributed by atoms with E-state index in [1.54, 1.807) is 6.92 Å². The Morgan fingerprint density at radius 2 is 2.00 bits per heavy atom. The molecule has 8 nitrogen and oxygen atoms in total. The first kappa shape index (κ1) is 23.2. The summed E-state index contributed by atoms with van der Waals surface area (Å²) in [5.74, 6) is -0.963. The largest absolute Gasteiger partial charge is 0.468 e. The molecule has 2 amide bonds. The maximum Gasteiger partial charge on any atom is 0.422 e. The lowest BCUT2D eigenvalue weighted by Gasteiger charge is -2.32. The van der Waals surface area contributed by atoms with Gasteiger partial charge in [-0.3, -0.25) is 14.6 Å². The van der Waals surface area contributed by atoms with Crippen LogP contribution in [0.2, 0.25) is 0 Å². The number of aromatic nitrogens is 1. The van der Waals surface area contributed by atoms with Gasteiger partial charge in [-0.15, -0.1) is 0 Å². The van der Waals surface area contributed by atoms with Crippen molar-refractivity contribution in [2.24, 2.45) is 10.9 Å². The van der Waals surface area contributed by atoms with Crippen molar-refractivity contribution in [1.82, 2.24) is 20.9 Å². The first-order chi connectivity index (χ1) is 14.0. The molecule has 0 aromatic carbocycles. The number of hydrogen-bond acceptors (Lipinski definition) is 6. The molecule has 164 valence electrons. The Hall–Kier alpha value is -3.11. The third kappa shape index (κ3) is 6.75. The van der Waals surface area contributed by atoms with Crippen LogP contribution in [0.15, 0.2) is 35.7 Å². The standard InChI is InChI=1S/C19H24F3N5O3/c1-12(2)8-15(28)27-18(10-23-6-7-25-18)17(29)26-13(3)14-4-5-16(24-9-14)30-11-19(20,21)22/h4-7,9-10,12-13,25H,8,11H2,1-3H3,(H,26,29)(H,27,28). The molecule has 1 aromatic rings. The van der Waals surface area contributed by atoms with Crippen LogP contribution in [0.25, 0.3) is 0 Å². The van der Waals surface area contributed by atoms with Gasteiger partial charge in [0.05, 0.1) is 12.3 Å². The van der Waals surface area contributed by atoms with E-state index in [1.165, 1.54) is 36.9 Å². The summed E-state index contributed by atoms with van der Waals surface area (Å²) >= 11 is 0. The number of hydrogen-bond donors (Lipinski definition) is 3. The Kier molecular flexibility index (Phi) is 7.41. The van der Waals surface area contributed by atoms with E-state index in [9.17, 15) is 22.8 Å². The maximum atomic E-state index is 12.9. The van der Waals surface area contributed by atoms with Crippen molar-refractivity contribution in [2.45, 2.75) is 45.1 Å². The fourth-order valence-electron chi connectivity index (χ4n) is 2.58. The predicted octanol–water partition coefficient (Wildman–Crippen LogP) is 2.20. The molecule has 1 aromatic heterocycles. The molecule has 1 aliphatic heterocycles. The molecule has 0 fully saturated rings. The summed E-state index contributed by atoms with van der Waals surface area (Å²) in [4.78, 5) is 32.9. The van der Waals surface area contributed by atoms with Crippen LogP contribution in [0, 0.1) is 5.92 Å². The number of ether oxygens (including phenoxy) is 1. The van der Waals surface area contributed by atoms with Gasteiger partial charge in [-0.1, -0.05) is 19.9 Å². The van der Waals surface area contributed by atoms with Gasteiger partial charge in [0.1, 0.15) is 0 Å². The van der Waals surface area contributed by atoms with Gasteiger partial charge >= 0.3 is 6.18 Å². The van der Waals surface area contributed by atoms with Crippen molar-refractivity contribution < 1.29 is 27.5 Å². The van der Waals surface area contributed by atoms with Crippen LogP contribution in [-0.4, -0.2) is 41.5 Å². The van der Waals surface area contributed by atoms with Crippen molar-refractivity contribution in [3.8, 4) is 5.88 Å². The molecular formula is C19H24F3N5O3. The average molecular weight is 427 g/mol. The number of halogens is 3. The average Bonchev–Trinajstić information content (AvgIpc) is 2.66. The Morgan fingerprint density at radius 1 is 1.27 bits per heavy atom. The zero-order chi connectivity index (χ0) is 22.4. The number of rotatable bonds is 8. The summed E-state index contributed by atoms with van der Waals surface area (Å²) < 4.78 is 41.2. The maximum absolute atomic E-state index is 12.9. The van der Waals surface area contributed by atoms with Crippen LogP contribution >= 0.6 is 0 Å². The third-order valence-electron chi connectivity index (χ3n) is 4.02. The van der Waals surface area contributed by atoms with E-state index >= 15 is 0 Å². The smallest absolute Gasteiger partial charge is 0.422 e. The summed E-state index contributed by atoms with van der Waals surface area (Å²) in [6.45, 7) is 3.99. The van der Waals surface area contributed by atoms with Crippen molar-refractivity contribution in [3.63, 3.8) is 0 Å². The predicted molar refractivity (Wildman–Crippen MR) is 103 cm³/mol. The minimum Gasteiger partial charge on any atom is -0.468 e. The van der Waals surface area contributed by atoms with Gasteiger partial charge in [-0.2, -0.15) is 13.2 Å². The molecule has 30 heavy (non-hydrogen) atoms. The van der Waals surface area contributed by atoms with Gasteiger partial charge in [0.2, 0.25) is 17.5 Å². The lowest BCUT2D eigenvalue weighted by molar-refractivity contribution is -0.154. The number of pyridine rings is 1. The van der Waals surface area contributed by atoms with E-state index in [4.69, 9.17) is 0 Å². The van der Waals surface area contributed by atoms with Gasteiger partial charge in [0.25, 0.3) is 5.91 Å². The molecule has 2 heterocycles. The minimum absolute atomic E-state index is 0.101. The van der Waals surface area contributed by atoms with Crippen LogP contribution < -0.4 is 20.7 Å². The van der Waals surface area contributed by atoms with Gasteiger partial charge < -0.3 is 20.7 Å². The second-order valence-corrected chi connectivity index (χ2v) is 7.22. The van der Waals surface area contributed by atoms with E-state index in [-0.39, 0.29) is 24.1 Å². The van der Waals surface area contributed by atoms with Gasteiger partial charge in [-0.05, 0) is 18.4 Å². The topological polar surface area (TPSA) is 105 Å². The molecule has 0 spiro atoms. The molecule has 0 radical (unpaired) electrons. The SMILES string of the molecule is CC(C)CC(=O)NC1(C(=O)NC(C)c2ccc(OCC(F)(F)F)nc2)C=NC=CN1. The van der Waals surface area contributed by atoms with E-state index < -0.39 is 30.4 Å². The van der Waals surface area contributed by atoms with Crippen LogP contribution in [0.3, 0.4) is 0 Å². The fourth-order valence-corrected chi connectivity index (χ4v) is 2.58. The molecule has 2 rings (SSSR count). The monoisotopic (exact) mass is 427 g/mol. The number of aliphatic imine (C=N–C) groups is 1. The van der Waals surface area contributed by atoms with Crippen LogP contribution in [0.4, 0.5) is 13.2 Å². The molecule has 1 aliphatic rings. The number of nitrogens with one attached hydrogen (secondary N) is 3. The number of amides is 2. The zero-order valence-corrected chi connectivity index (χ0v) is 16.8. The second kappa shape index (κ2) is 9.59. The number of carbonyl (C=O) groups excluding carboxylic acids is 2. The van der Waals surface area contributed by atoms with E-state index in [2.05, 4.69) is 30.7 Å². The lowest BCUT2D eigenvalue weighted by Crippen LogP contribution is -2.68. The summed E-state index contributed by atoms with van der Waals surface area (Å²) in [7, 11) is 0. The van der Waals surface area contributed by atoms with Crippen molar-refractivity contribution >= 4 is 18.0 Å². The summed E-state index contributed by atoms with van der Waals surface area (Å²) in [6, 6.07) is 2.23. The molecule has 11 heteroatoms.